The number of Topliss-reactive ketones (excluding diaryl/α,β-unsaturated/α-hetero) is 1. The number of amides is 1. The molecule has 35 heavy (non-hydrogen) atoms. The van der Waals surface area contributed by atoms with Crippen molar-refractivity contribution in [3.8, 4) is 11.5 Å². The molecule has 0 aliphatic carbocycles. The molecular weight excluding hydrogens is 442 g/mol. The SMILES string of the molecule is CCCCN1C(=O)C(=O)/C(=C(/O)c2cc(C(C)(C)C)ccc2OC)C1c1cccc(OC(C)C)c1. The summed E-state index contributed by atoms with van der Waals surface area (Å²) in [4.78, 5) is 28.1. The number of aliphatic hydroxyl groups is 1. The molecule has 1 aliphatic rings. The number of nitrogens with zero attached hydrogens (tertiary/aromatic N) is 1. The van der Waals surface area contributed by atoms with Crippen molar-refractivity contribution in [3.05, 3.63) is 64.7 Å². The van der Waals surface area contributed by atoms with Crippen molar-refractivity contribution in [1.29, 1.82) is 0 Å². The molecule has 188 valence electrons. The van der Waals surface area contributed by atoms with Gasteiger partial charge in [0.05, 0.1) is 30.4 Å². The van der Waals surface area contributed by atoms with E-state index >= 15 is 0 Å². The molecule has 1 atom stereocenters. The van der Waals surface area contributed by atoms with E-state index in [9.17, 15) is 14.7 Å². The van der Waals surface area contributed by atoms with E-state index < -0.39 is 17.7 Å². The van der Waals surface area contributed by atoms with Crippen molar-refractivity contribution in [2.45, 2.75) is 71.9 Å². The maximum Gasteiger partial charge on any atom is 0.295 e. The lowest BCUT2D eigenvalue weighted by molar-refractivity contribution is -0.139. The first-order chi connectivity index (χ1) is 16.5. The summed E-state index contributed by atoms with van der Waals surface area (Å²) >= 11 is 0. The number of hydrogen-bond acceptors (Lipinski definition) is 5. The van der Waals surface area contributed by atoms with Crippen LogP contribution in [0, 0.1) is 0 Å². The molecule has 0 radical (unpaired) electrons. The molecule has 6 nitrogen and oxygen atoms in total. The number of carbonyl (C=O) groups is 2. The molecule has 0 aromatic heterocycles. The summed E-state index contributed by atoms with van der Waals surface area (Å²) in [6.45, 7) is 12.5. The minimum atomic E-state index is -0.722. The van der Waals surface area contributed by atoms with Crippen LogP contribution in [0.1, 0.15) is 77.1 Å². The van der Waals surface area contributed by atoms with Crippen molar-refractivity contribution in [2.24, 2.45) is 0 Å². The fraction of sp³-hybridized carbons (Fsp3) is 0.448. The Balaban J connectivity index is 2.25. The third-order valence-corrected chi connectivity index (χ3v) is 6.16. The summed E-state index contributed by atoms with van der Waals surface area (Å²) in [5, 5.41) is 11.6. The number of ketones is 1. The molecule has 1 N–H and O–H groups in total. The Morgan fingerprint density at radius 2 is 1.83 bits per heavy atom. The Labute approximate surface area is 208 Å². The molecule has 1 heterocycles. The Hall–Kier alpha value is -3.28. The Morgan fingerprint density at radius 3 is 2.43 bits per heavy atom. The molecular formula is C29H37NO5. The topological polar surface area (TPSA) is 76.1 Å². The Bertz CT molecular complexity index is 1130. The zero-order valence-electron chi connectivity index (χ0n) is 21.8. The van der Waals surface area contributed by atoms with E-state index in [4.69, 9.17) is 9.47 Å². The highest BCUT2D eigenvalue weighted by Crippen LogP contribution is 2.42. The molecule has 3 rings (SSSR count). The van der Waals surface area contributed by atoms with Crippen molar-refractivity contribution >= 4 is 17.4 Å². The second-order valence-corrected chi connectivity index (χ2v) is 10.3. The number of ether oxygens (including phenoxy) is 2. The van der Waals surface area contributed by atoms with Crippen molar-refractivity contribution < 1.29 is 24.2 Å². The van der Waals surface area contributed by atoms with Crippen LogP contribution in [0.5, 0.6) is 11.5 Å². The molecule has 1 saturated heterocycles. The molecule has 0 saturated carbocycles. The van der Waals surface area contributed by atoms with E-state index in [2.05, 4.69) is 20.8 Å². The highest BCUT2D eigenvalue weighted by Gasteiger charge is 2.46. The smallest absolute Gasteiger partial charge is 0.295 e. The van der Waals surface area contributed by atoms with Crippen molar-refractivity contribution in [2.75, 3.05) is 13.7 Å². The standard InChI is InChI=1S/C29H37NO5/c1-8-9-15-30-25(19-11-10-12-21(16-19)35-18(2)3)24(27(32)28(30)33)26(31)22-17-20(29(4,5)6)13-14-23(22)34-7/h10-14,16-18,25,31H,8-9,15H2,1-7H3/b26-24+. The average molecular weight is 480 g/mol. The third kappa shape index (κ3) is 5.53. The minimum Gasteiger partial charge on any atom is -0.507 e. The van der Waals surface area contributed by atoms with Crippen LogP contribution in [0.2, 0.25) is 0 Å². The summed E-state index contributed by atoms with van der Waals surface area (Å²) in [6, 6.07) is 12.2. The van der Waals surface area contributed by atoms with E-state index in [0.717, 1.165) is 18.4 Å². The minimum absolute atomic E-state index is 0.0268. The van der Waals surface area contributed by atoms with Gasteiger partial charge < -0.3 is 19.5 Å². The molecule has 1 fully saturated rings. The number of aliphatic hydroxyl groups excluding tert-OH is 1. The van der Waals surface area contributed by atoms with E-state index in [1.807, 2.05) is 57.2 Å². The summed E-state index contributed by atoms with van der Waals surface area (Å²) in [7, 11) is 1.52. The van der Waals surface area contributed by atoms with Crippen molar-refractivity contribution in [1.82, 2.24) is 4.90 Å². The van der Waals surface area contributed by atoms with Gasteiger partial charge in [0.1, 0.15) is 17.3 Å². The molecule has 1 aliphatic heterocycles. The molecule has 1 amide bonds. The van der Waals surface area contributed by atoms with Gasteiger partial charge in [-0.1, -0.05) is 52.3 Å². The molecule has 1 unspecified atom stereocenters. The first-order valence-electron chi connectivity index (χ1n) is 12.2. The van der Waals surface area contributed by atoms with E-state index in [1.54, 1.807) is 11.0 Å². The number of unbranched alkanes of at least 4 members (excludes halogenated alkanes) is 1. The Morgan fingerprint density at radius 1 is 1.11 bits per heavy atom. The molecule has 6 heteroatoms. The highest BCUT2D eigenvalue weighted by molar-refractivity contribution is 6.46. The van der Waals surface area contributed by atoms with Gasteiger partial charge >= 0.3 is 0 Å². The van der Waals surface area contributed by atoms with Crippen LogP contribution in [0.25, 0.3) is 5.76 Å². The fourth-order valence-electron chi connectivity index (χ4n) is 4.32. The van der Waals surface area contributed by atoms with Gasteiger partial charge in [0.2, 0.25) is 0 Å². The maximum atomic E-state index is 13.3. The number of likely N-dealkylation sites (tertiary alicyclic amines) is 1. The summed E-state index contributed by atoms with van der Waals surface area (Å²) in [6.07, 6.45) is 1.59. The largest absolute Gasteiger partial charge is 0.507 e. The number of carbonyl (C=O) groups excluding carboxylic acids is 2. The first-order valence-corrected chi connectivity index (χ1v) is 12.2. The second-order valence-electron chi connectivity index (χ2n) is 10.3. The fourth-order valence-corrected chi connectivity index (χ4v) is 4.32. The predicted octanol–water partition coefficient (Wildman–Crippen LogP) is 6.00. The van der Waals surface area contributed by atoms with Gasteiger partial charge in [-0.2, -0.15) is 0 Å². The van der Waals surface area contributed by atoms with Crippen LogP contribution in [0.4, 0.5) is 0 Å². The first kappa shape index (κ1) is 26.3. The van der Waals surface area contributed by atoms with Crippen LogP contribution < -0.4 is 9.47 Å². The van der Waals surface area contributed by atoms with Crippen LogP contribution in [0.15, 0.2) is 48.0 Å². The van der Waals surface area contributed by atoms with Gasteiger partial charge in [-0.3, -0.25) is 9.59 Å². The average Bonchev–Trinajstić information content (AvgIpc) is 3.05. The maximum absolute atomic E-state index is 13.3. The van der Waals surface area contributed by atoms with Crippen LogP contribution in [-0.4, -0.2) is 41.5 Å². The number of hydrogen-bond donors (Lipinski definition) is 1. The Kier molecular flexibility index (Phi) is 7.93. The monoisotopic (exact) mass is 479 g/mol. The normalized spacial score (nSPS) is 17.8. The van der Waals surface area contributed by atoms with E-state index in [1.165, 1.54) is 7.11 Å². The van der Waals surface area contributed by atoms with Gasteiger partial charge in [0, 0.05) is 6.54 Å². The van der Waals surface area contributed by atoms with Gasteiger partial charge in [0.25, 0.3) is 11.7 Å². The van der Waals surface area contributed by atoms with Gasteiger partial charge in [-0.25, -0.2) is 0 Å². The number of benzene rings is 2. The summed E-state index contributed by atoms with van der Waals surface area (Å²) in [5.41, 5.74) is 1.97. The van der Waals surface area contributed by atoms with Crippen molar-refractivity contribution in [3.63, 3.8) is 0 Å². The lowest BCUT2D eigenvalue weighted by Crippen LogP contribution is -2.30. The van der Waals surface area contributed by atoms with Gasteiger partial charge in [0.15, 0.2) is 0 Å². The van der Waals surface area contributed by atoms with Gasteiger partial charge in [-0.05, 0) is 61.1 Å². The third-order valence-electron chi connectivity index (χ3n) is 6.16. The second kappa shape index (κ2) is 10.5. The van der Waals surface area contributed by atoms with Crippen LogP contribution in [0.3, 0.4) is 0 Å². The van der Waals surface area contributed by atoms with Crippen LogP contribution in [-0.2, 0) is 15.0 Å². The highest BCUT2D eigenvalue weighted by atomic mass is 16.5. The summed E-state index contributed by atoms with van der Waals surface area (Å²) in [5.74, 6) is -0.449. The van der Waals surface area contributed by atoms with Crippen LogP contribution >= 0.6 is 0 Å². The lowest BCUT2D eigenvalue weighted by Gasteiger charge is -2.26. The van der Waals surface area contributed by atoms with E-state index in [-0.39, 0.29) is 22.9 Å². The molecule has 2 aromatic rings. The lowest BCUT2D eigenvalue weighted by atomic mass is 9.85. The molecule has 2 aromatic carbocycles. The summed E-state index contributed by atoms with van der Waals surface area (Å²) < 4.78 is 11.4. The number of methoxy groups -OCH3 is 1. The zero-order chi connectivity index (χ0) is 25.9. The molecule has 0 spiro atoms. The van der Waals surface area contributed by atoms with Gasteiger partial charge in [-0.15, -0.1) is 0 Å². The molecule has 0 bridgehead atoms. The van der Waals surface area contributed by atoms with E-state index in [0.29, 0.717) is 29.2 Å². The predicted molar refractivity (Wildman–Crippen MR) is 138 cm³/mol. The number of rotatable bonds is 8. The quantitative estimate of drug-likeness (QED) is 0.285. The zero-order valence-corrected chi connectivity index (χ0v) is 21.8.